The largest absolute Gasteiger partial charge is 0.375 e. The summed E-state index contributed by atoms with van der Waals surface area (Å²) in [5.41, 5.74) is 0.302. The Morgan fingerprint density at radius 3 is 2.48 bits per heavy atom. The molecule has 21 heavy (non-hydrogen) atoms. The smallest absolute Gasteiger partial charge is 0.0600 e. The lowest BCUT2D eigenvalue weighted by atomic mass is 9.89. The standard InChI is InChI=1S/C18H36N2O/c1-14(2)11-16-12-19-18(6,15-7-8-15)13-20(16)9-10-21-17(3,4)5/h14-16,19H,7-13H2,1-6H3. The third kappa shape index (κ3) is 5.22. The van der Waals surface area contributed by atoms with Gasteiger partial charge in [0.25, 0.3) is 0 Å². The van der Waals surface area contributed by atoms with Crippen LogP contribution in [0.5, 0.6) is 0 Å². The molecule has 1 saturated carbocycles. The van der Waals surface area contributed by atoms with Gasteiger partial charge < -0.3 is 10.1 Å². The second-order valence-electron chi connectivity index (χ2n) is 8.79. The van der Waals surface area contributed by atoms with Crippen molar-refractivity contribution in [2.45, 2.75) is 78.0 Å². The molecular formula is C18H36N2O. The van der Waals surface area contributed by atoms with Crippen molar-refractivity contribution in [3.63, 3.8) is 0 Å². The SMILES string of the molecule is CC(C)CC1CNC(C)(C2CC2)CN1CCOC(C)(C)C. The van der Waals surface area contributed by atoms with E-state index in [1.807, 2.05) is 0 Å². The number of hydrogen-bond acceptors (Lipinski definition) is 3. The number of ether oxygens (including phenoxy) is 1. The lowest BCUT2D eigenvalue weighted by Gasteiger charge is -2.47. The molecule has 0 amide bonds. The quantitative estimate of drug-likeness (QED) is 0.814. The fourth-order valence-electron chi connectivity index (χ4n) is 3.59. The van der Waals surface area contributed by atoms with Crippen LogP contribution in [0.25, 0.3) is 0 Å². The second-order valence-corrected chi connectivity index (χ2v) is 8.79. The zero-order valence-corrected chi connectivity index (χ0v) is 15.0. The summed E-state index contributed by atoms with van der Waals surface area (Å²) in [4.78, 5) is 2.70. The first-order valence-electron chi connectivity index (χ1n) is 8.83. The van der Waals surface area contributed by atoms with Gasteiger partial charge in [0.05, 0.1) is 12.2 Å². The van der Waals surface area contributed by atoms with Crippen LogP contribution >= 0.6 is 0 Å². The van der Waals surface area contributed by atoms with Crippen LogP contribution in [-0.4, -0.2) is 48.3 Å². The Morgan fingerprint density at radius 1 is 1.29 bits per heavy atom. The predicted molar refractivity (Wildman–Crippen MR) is 89.7 cm³/mol. The zero-order valence-electron chi connectivity index (χ0n) is 15.0. The molecule has 1 N–H and O–H groups in total. The molecule has 0 aromatic carbocycles. The molecule has 1 saturated heterocycles. The van der Waals surface area contributed by atoms with Crippen LogP contribution in [0, 0.1) is 11.8 Å². The van der Waals surface area contributed by atoms with Crippen LogP contribution in [0.2, 0.25) is 0 Å². The Bertz CT molecular complexity index is 333. The maximum Gasteiger partial charge on any atom is 0.0600 e. The first kappa shape index (κ1) is 17.2. The van der Waals surface area contributed by atoms with E-state index in [4.69, 9.17) is 4.74 Å². The Labute approximate surface area is 131 Å². The lowest BCUT2D eigenvalue weighted by Crippen LogP contribution is -2.64. The van der Waals surface area contributed by atoms with Crippen LogP contribution in [0.1, 0.15) is 60.8 Å². The van der Waals surface area contributed by atoms with Gasteiger partial charge in [-0.05, 0) is 58.8 Å². The highest BCUT2D eigenvalue weighted by molar-refractivity contribution is 5.04. The van der Waals surface area contributed by atoms with Crippen LogP contribution in [0.15, 0.2) is 0 Å². The fraction of sp³-hybridized carbons (Fsp3) is 1.00. The van der Waals surface area contributed by atoms with Crippen molar-refractivity contribution in [2.24, 2.45) is 11.8 Å². The summed E-state index contributed by atoms with van der Waals surface area (Å²) in [6, 6.07) is 0.667. The molecule has 0 spiro atoms. The molecule has 2 fully saturated rings. The summed E-state index contributed by atoms with van der Waals surface area (Å²) >= 11 is 0. The number of rotatable bonds is 6. The van der Waals surface area contributed by atoms with E-state index >= 15 is 0 Å². The van der Waals surface area contributed by atoms with Gasteiger partial charge in [-0.1, -0.05) is 13.8 Å². The maximum absolute atomic E-state index is 5.97. The molecule has 3 heteroatoms. The molecule has 0 aromatic heterocycles. The Balaban J connectivity index is 1.92. The molecule has 0 radical (unpaired) electrons. The first-order valence-corrected chi connectivity index (χ1v) is 8.83. The molecule has 2 rings (SSSR count). The van der Waals surface area contributed by atoms with Gasteiger partial charge in [-0.2, -0.15) is 0 Å². The molecule has 0 aromatic rings. The summed E-state index contributed by atoms with van der Waals surface area (Å²) in [6.45, 7) is 17.8. The third-order valence-corrected chi connectivity index (χ3v) is 4.92. The molecule has 2 aliphatic rings. The van der Waals surface area contributed by atoms with Crippen LogP contribution in [-0.2, 0) is 4.74 Å². The van der Waals surface area contributed by atoms with Gasteiger partial charge in [0.2, 0.25) is 0 Å². The van der Waals surface area contributed by atoms with Crippen molar-refractivity contribution in [1.29, 1.82) is 0 Å². The van der Waals surface area contributed by atoms with E-state index in [0.29, 0.717) is 11.6 Å². The minimum Gasteiger partial charge on any atom is -0.375 e. The van der Waals surface area contributed by atoms with E-state index < -0.39 is 0 Å². The first-order chi connectivity index (χ1) is 9.70. The monoisotopic (exact) mass is 296 g/mol. The van der Waals surface area contributed by atoms with E-state index in [2.05, 4.69) is 51.8 Å². The fourth-order valence-corrected chi connectivity index (χ4v) is 3.59. The van der Waals surface area contributed by atoms with Gasteiger partial charge in [-0.25, -0.2) is 0 Å². The lowest BCUT2D eigenvalue weighted by molar-refractivity contribution is -0.0300. The van der Waals surface area contributed by atoms with Crippen molar-refractivity contribution in [1.82, 2.24) is 10.2 Å². The van der Waals surface area contributed by atoms with E-state index in [-0.39, 0.29) is 5.60 Å². The average molecular weight is 296 g/mol. The van der Waals surface area contributed by atoms with Gasteiger partial charge >= 0.3 is 0 Å². The molecule has 2 atom stereocenters. The van der Waals surface area contributed by atoms with Crippen molar-refractivity contribution < 1.29 is 4.74 Å². The molecule has 3 nitrogen and oxygen atoms in total. The third-order valence-electron chi connectivity index (χ3n) is 4.92. The number of hydrogen-bond donors (Lipinski definition) is 1. The van der Waals surface area contributed by atoms with Gasteiger partial charge in [-0.3, -0.25) is 4.90 Å². The highest BCUT2D eigenvalue weighted by atomic mass is 16.5. The number of nitrogens with zero attached hydrogens (tertiary/aromatic N) is 1. The summed E-state index contributed by atoms with van der Waals surface area (Å²) in [7, 11) is 0. The van der Waals surface area contributed by atoms with Crippen LogP contribution < -0.4 is 5.32 Å². The van der Waals surface area contributed by atoms with Crippen molar-refractivity contribution in [2.75, 3.05) is 26.2 Å². The molecule has 124 valence electrons. The topological polar surface area (TPSA) is 24.5 Å². The van der Waals surface area contributed by atoms with Gasteiger partial charge in [0, 0.05) is 31.2 Å². The van der Waals surface area contributed by atoms with Gasteiger partial charge in [-0.15, -0.1) is 0 Å². The molecule has 1 heterocycles. The molecular weight excluding hydrogens is 260 g/mol. The van der Waals surface area contributed by atoms with Crippen LogP contribution in [0.4, 0.5) is 0 Å². The van der Waals surface area contributed by atoms with Gasteiger partial charge in [0.15, 0.2) is 0 Å². The average Bonchev–Trinajstić information content (AvgIpc) is 3.15. The van der Waals surface area contributed by atoms with Crippen LogP contribution in [0.3, 0.4) is 0 Å². The summed E-state index contributed by atoms with van der Waals surface area (Å²) in [5, 5.41) is 3.87. The zero-order chi connectivity index (χ0) is 15.7. The molecule has 0 bridgehead atoms. The van der Waals surface area contributed by atoms with E-state index in [1.165, 1.54) is 25.8 Å². The summed E-state index contributed by atoms with van der Waals surface area (Å²) in [5.74, 6) is 1.65. The molecule has 1 aliphatic heterocycles. The van der Waals surface area contributed by atoms with Crippen molar-refractivity contribution in [3.05, 3.63) is 0 Å². The highest BCUT2D eigenvalue weighted by Crippen LogP contribution is 2.41. The Hall–Kier alpha value is -0.120. The highest BCUT2D eigenvalue weighted by Gasteiger charge is 2.45. The van der Waals surface area contributed by atoms with Crippen molar-refractivity contribution in [3.8, 4) is 0 Å². The molecule has 2 unspecified atom stereocenters. The van der Waals surface area contributed by atoms with E-state index in [0.717, 1.165) is 31.5 Å². The second kappa shape index (κ2) is 6.55. The predicted octanol–water partition coefficient (Wildman–Crippen LogP) is 3.29. The maximum atomic E-state index is 5.97. The summed E-state index contributed by atoms with van der Waals surface area (Å²) < 4.78 is 5.97. The minimum absolute atomic E-state index is 0.0264. The normalized spacial score (nSPS) is 31.9. The van der Waals surface area contributed by atoms with E-state index in [9.17, 15) is 0 Å². The molecule has 1 aliphatic carbocycles. The summed E-state index contributed by atoms with van der Waals surface area (Å²) in [6.07, 6.45) is 4.10. The van der Waals surface area contributed by atoms with Gasteiger partial charge in [0.1, 0.15) is 0 Å². The van der Waals surface area contributed by atoms with Crippen molar-refractivity contribution >= 4 is 0 Å². The Kier molecular flexibility index (Phi) is 5.38. The Morgan fingerprint density at radius 2 is 1.95 bits per heavy atom. The number of nitrogens with one attached hydrogen (secondary N) is 1. The minimum atomic E-state index is -0.0264. The number of piperazine rings is 1. The van der Waals surface area contributed by atoms with E-state index in [1.54, 1.807) is 0 Å².